The van der Waals surface area contributed by atoms with Crippen LogP contribution in [-0.4, -0.2) is 53.8 Å². The fourth-order valence-electron chi connectivity index (χ4n) is 3.32. The lowest BCUT2D eigenvalue weighted by molar-refractivity contribution is -0.139. The molecule has 29 heavy (non-hydrogen) atoms. The number of hydrogen-bond donors (Lipinski definition) is 2. The van der Waals surface area contributed by atoms with Crippen molar-refractivity contribution in [1.29, 1.82) is 5.26 Å². The van der Waals surface area contributed by atoms with Crippen molar-refractivity contribution < 1.29 is 36.3 Å². The number of likely N-dealkylation sites (tertiary alicyclic amines) is 1. The standard InChI is InChI=1S/C17H16F3N3O5S/c18-17(19,20)11-3-1-2-4-13(11)29(27,28)10-7-12(23(8-10)15(25)26)14(24)22-16(9-21)5-6-16/h1-4,10,12H,5-8H2,(H,22,24)(H,25,26)/t10-,12-/m0/s1. The first kappa shape index (κ1) is 20.9. The Balaban J connectivity index is 1.91. The van der Waals surface area contributed by atoms with Crippen molar-refractivity contribution in [3.63, 3.8) is 0 Å². The molecule has 1 aromatic carbocycles. The molecule has 0 spiro atoms. The van der Waals surface area contributed by atoms with E-state index in [9.17, 15) is 36.3 Å². The molecule has 1 heterocycles. The van der Waals surface area contributed by atoms with E-state index in [2.05, 4.69) is 5.32 Å². The van der Waals surface area contributed by atoms with Crippen LogP contribution in [-0.2, 0) is 20.8 Å². The van der Waals surface area contributed by atoms with Gasteiger partial charge in [-0.15, -0.1) is 0 Å². The van der Waals surface area contributed by atoms with E-state index >= 15 is 0 Å². The molecular formula is C17H16F3N3O5S. The number of alkyl halides is 3. The summed E-state index contributed by atoms with van der Waals surface area (Å²) in [6, 6.07) is 4.11. The van der Waals surface area contributed by atoms with Gasteiger partial charge in [-0.1, -0.05) is 12.1 Å². The number of amides is 2. The van der Waals surface area contributed by atoms with E-state index in [0.29, 0.717) is 23.8 Å². The molecule has 1 saturated heterocycles. The van der Waals surface area contributed by atoms with Crippen LogP contribution in [0.3, 0.4) is 0 Å². The third kappa shape index (κ3) is 3.87. The number of rotatable bonds is 4. The molecular weight excluding hydrogens is 415 g/mol. The summed E-state index contributed by atoms with van der Waals surface area (Å²) in [7, 11) is -4.59. The zero-order valence-electron chi connectivity index (χ0n) is 14.8. The summed E-state index contributed by atoms with van der Waals surface area (Å²) < 4.78 is 65.5. The van der Waals surface area contributed by atoms with Crippen molar-refractivity contribution in [2.75, 3.05) is 6.54 Å². The van der Waals surface area contributed by atoms with Gasteiger partial charge in [0.15, 0.2) is 9.84 Å². The van der Waals surface area contributed by atoms with Crippen molar-refractivity contribution in [2.24, 2.45) is 0 Å². The highest BCUT2D eigenvalue weighted by Gasteiger charge is 2.51. The average molecular weight is 431 g/mol. The molecule has 0 unspecified atom stereocenters. The van der Waals surface area contributed by atoms with E-state index < -0.39 is 68.3 Å². The molecule has 2 aliphatic rings. The number of carbonyl (C=O) groups excluding carboxylic acids is 1. The first-order chi connectivity index (χ1) is 13.4. The number of nitriles is 1. The molecule has 1 aliphatic heterocycles. The van der Waals surface area contributed by atoms with E-state index in [4.69, 9.17) is 5.26 Å². The molecule has 0 aromatic heterocycles. The molecule has 156 valence electrons. The summed E-state index contributed by atoms with van der Waals surface area (Å²) >= 11 is 0. The summed E-state index contributed by atoms with van der Waals surface area (Å²) in [6.45, 7) is -0.651. The van der Waals surface area contributed by atoms with Gasteiger partial charge < -0.3 is 10.4 Å². The van der Waals surface area contributed by atoms with Crippen LogP contribution in [0.1, 0.15) is 24.8 Å². The number of carbonyl (C=O) groups is 2. The van der Waals surface area contributed by atoms with E-state index in [1.165, 1.54) is 0 Å². The van der Waals surface area contributed by atoms with Gasteiger partial charge in [-0.2, -0.15) is 18.4 Å². The first-order valence-electron chi connectivity index (χ1n) is 8.54. The van der Waals surface area contributed by atoms with Gasteiger partial charge in [0.25, 0.3) is 0 Å². The van der Waals surface area contributed by atoms with E-state index in [-0.39, 0.29) is 0 Å². The number of nitrogens with zero attached hydrogens (tertiary/aromatic N) is 2. The molecule has 0 radical (unpaired) electrons. The largest absolute Gasteiger partial charge is 0.465 e. The summed E-state index contributed by atoms with van der Waals surface area (Å²) in [5, 5.41) is 19.3. The predicted octanol–water partition coefficient (Wildman–Crippen LogP) is 1.77. The summed E-state index contributed by atoms with van der Waals surface area (Å²) in [5.74, 6) is -0.840. The topological polar surface area (TPSA) is 128 Å². The molecule has 1 aromatic rings. The van der Waals surface area contributed by atoms with Crippen LogP contribution in [0.15, 0.2) is 29.2 Å². The van der Waals surface area contributed by atoms with Gasteiger partial charge in [-0.05, 0) is 31.4 Å². The van der Waals surface area contributed by atoms with Crippen LogP contribution in [0.5, 0.6) is 0 Å². The Hall–Kier alpha value is -2.81. The fraction of sp³-hybridized carbons (Fsp3) is 0.471. The number of halogens is 3. The SMILES string of the molecule is N#CC1(NC(=O)[C@@H]2C[C@H](S(=O)(=O)c3ccccc3C(F)(F)F)CN2C(=O)O)CC1. The smallest absolute Gasteiger partial charge is 0.417 e. The van der Waals surface area contributed by atoms with Crippen LogP contribution in [0.25, 0.3) is 0 Å². The Bertz CT molecular complexity index is 998. The Morgan fingerprint density at radius 3 is 2.41 bits per heavy atom. The quantitative estimate of drug-likeness (QED) is 0.748. The third-order valence-corrected chi connectivity index (χ3v) is 7.26. The number of hydrogen-bond acceptors (Lipinski definition) is 5. The Labute approximate surface area is 163 Å². The third-order valence-electron chi connectivity index (χ3n) is 5.08. The normalized spacial score (nSPS) is 23.3. The van der Waals surface area contributed by atoms with Crippen molar-refractivity contribution in [3.05, 3.63) is 29.8 Å². The van der Waals surface area contributed by atoms with Crippen LogP contribution in [0, 0.1) is 11.3 Å². The molecule has 3 rings (SSSR count). The highest BCUT2D eigenvalue weighted by atomic mass is 32.2. The summed E-state index contributed by atoms with van der Waals surface area (Å²) in [6.07, 6.45) is -6.23. The second kappa shape index (κ2) is 6.91. The maximum absolute atomic E-state index is 13.2. The second-order valence-corrected chi connectivity index (χ2v) is 9.23. The van der Waals surface area contributed by atoms with E-state index in [1.807, 2.05) is 6.07 Å². The lowest BCUT2D eigenvalue weighted by Gasteiger charge is -2.21. The highest BCUT2D eigenvalue weighted by Crippen LogP contribution is 2.38. The number of nitrogens with one attached hydrogen (secondary N) is 1. The Kier molecular flexibility index (Phi) is 4.98. The Morgan fingerprint density at radius 2 is 1.90 bits per heavy atom. The molecule has 8 nitrogen and oxygen atoms in total. The van der Waals surface area contributed by atoms with Crippen molar-refractivity contribution in [2.45, 2.75) is 47.2 Å². The van der Waals surface area contributed by atoms with Gasteiger partial charge in [0.2, 0.25) is 5.91 Å². The minimum absolute atomic E-state index is 0.385. The summed E-state index contributed by atoms with van der Waals surface area (Å²) in [5.41, 5.74) is -2.45. The van der Waals surface area contributed by atoms with Gasteiger partial charge in [0.05, 0.1) is 21.8 Å². The first-order valence-corrected chi connectivity index (χ1v) is 10.1. The fourth-order valence-corrected chi connectivity index (χ4v) is 5.23. The molecule has 1 saturated carbocycles. The molecule has 0 bridgehead atoms. The molecule has 2 atom stereocenters. The van der Waals surface area contributed by atoms with Gasteiger partial charge in [0, 0.05) is 6.54 Å². The number of carboxylic acid groups (broad SMARTS) is 1. The van der Waals surface area contributed by atoms with Crippen molar-refractivity contribution in [3.8, 4) is 6.07 Å². The maximum atomic E-state index is 13.2. The second-order valence-electron chi connectivity index (χ2n) is 7.03. The number of sulfone groups is 1. The van der Waals surface area contributed by atoms with Gasteiger partial charge in [-0.25, -0.2) is 13.2 Å². The minimum Gasteiger partial charge on any atom is -0.465 e. The molecule has 2 fully saturated rings. The number of benzene rings is 1. The molecule has 12 heteroatoms. The molecule has 2 amide bonds. The van der Waals surface area contributed by atoms with Crippen LogP contribution in [0.2, 0.25) is 0 Å². The monoisotopic (exact) mass is 431 g/mol. The lowest BCUT2D eigenvalue weighted by Crippen LogP contribution is -2.49. The maximum Gasteiger partial charge on any atom is 0.417 e. The zero-order chi connectivity index (χ0) is 21.6. The Morgan fingerprint density at radius 1 is 1.28 bits per heavy atom. The van der Waals surface area contributed by atoms with Crippen molar-refractivity contribution in [1.82, 2.24) is 10.2 Å². The molecule has 2 N–H and O–H groups in total. The summed E-state index contributed by atoms with van der Waals surface area (Å²) in [4.78, 5) is 23.6. The van der Waals surface area contributed by atoms with Gasteiger partial charge >= 0.3 is 12.3 Å². The average Bonchev–Trinajstić information content (AvgIpc) is 3.25. The van der Waals surface area contributed by atoms with E-state index in [0.717, 1.165) is 18.2 Å². The van der Waals surface area contributed by atoms with Crippen LogP contribution >= 0.6 is 0 Å². The predicted molar refractivity (Wildman–Crippen MR) is 91.3 cm³/mol. The highest BCUT2D eigenvalue weighted by molar-refractivity contribution is 7.92. The van der Waals surface area contributed by atoms with Gasteiger partial charge in [-0.3, -0.25) is 9.69 Å². The van der Waals surface area contributed by atoms with Gasteiger partial charge in [0.1, 0.15) is 11.6 Å². The van der Waals surface area contributed by atoms with Crippen LogP contribution in [0.4, 0.5) is 18.0 Å². The minimum atomic E-state index is -4.92. The van der Waals surface area contributed by atoms with E-state index in [1.54, 1.807) is 0 Å². The molecule has 1 aliphatic carbocycles. The zero-order valence-corrected chi connectivity index (χ0v) is 15.6. The lowest BCUT2D eigenvalue weighted by atomic mass is 10.2. The van der Waals surface area contributed by atoms with Crippen molar-refractivity contribution >= 4 is 21.8 Å². The van der Waals surface area contributed by atoms with Crippen LogP contribution < -0.4 is 5.32 Å².